The molecule has 22 heavy (non-hydrogen) atoms. The van der Waals surface area contributed by atoms with Crippen molar-refractivity contribution in [2.45, 2.75) is 19.4 Å². The highest BCUT2D eigenvalue weighted by Gasteiger charge is 2.31. The van der Waals surface area contributed by atoms with Gasteiger partial charge in [0, 0.05) is 19.2 Å². The van der Waals surface area contributed by atoms with Crippen LogP contribution in [0.1, 0.15) is 13.3 Å². The minimum atomic E-state index is -0.756. The molecule has 7 nitrogen and oxygen atoms in total. The van der Waals surface area contributed by atoms with Gasteiger partial charge >= 0.3 is 0 Å². The van der Waals surface area contributed by atoms with Crippen LogP contribution in [0.25, 0.3) is 0 Å². The number of likely N-dealkylation sites (N-methyl/N-ethyl adjacent to an activating group) is 1. The zero-order valence-electron chi connectivity index (χ0n) is 12.4. The third kappa shape index (κ3) is 2.57. The molecule has 0 saturated heterocycles. The van der Waals surface area contributed by atoms with E-state index in [2.05, 4.69) is 15.5 Å². The number of benzene rings is 1. The number of hydrogen-bond acceptors (Lipinski definition) is 5. The second-order valence-corrected chi connectivity index (χ2v) is 5.26. The van der Waals surface area contributed by atoms with Crippen LogP contribution in [0.5, 0.6) is 5.75 Å². The summed E-state index contributed by atoms with van der Waals surface area (Å²) in [5, 5.41) is 10.3. The van der Waals surface area contributed by atoms with Crippen LogP contribution < -0.4 is 15.0 Å². The largest absolute Gasteiger partial charge is 0.489 e. The van der Waals surface area contributed by atoms with E-state index in [1.807, 2.05) is 12.1 Å². The Kier molecular flexibility index (Phi) is 3.62. The molecule has 1 atom stereocenters. The molecule has 114 valence electrons. The lowest BCUT2D eigenvalue weighted by Gasteiger charge is -2.20. The second kappa shape index (κ2) is 5.59. The molecule has 0 radical (unpaired) electrons. The molecule has 0 aromatic heterocycles. The molecule has 0 saturated carbocycles. The minimum absolute atomic E-state index is 0.0824. The van der Waals surface area contributed by atoms with Crippen LogP contribution in [0.2, 0.25) is 0 Å². The fraction of sp³-hybridized carbons (Fsp3) is 0.333. The molecule has 2 aliphatic rings. The smallest absolute Gasteiger partial charge is 0.268 e. The molecule has 2 aliphatic heterocycles. The number of ether oxygens (including phenoxy) is 1. The van der Waals surface area contributed by atoms with Crippen LogP contribution in [0.4, 0.5) is 5.69 Å². The van der Waals surface area contributed by atoms with Gasteiger partial charge in [0.2, 0.25) is 0 Å². The fourth-order valence-corrected chi connectivity index (χ4v) is 2.38. The first-order valence-corrected chi connectivity index (χ1v) is 6.96. The van der Waals surface area contributed by atoms with Gasteiger partial charge in [-0.05, 0) is 19.1 Å². The number of carbonyl (C=O) groups excluding carboxylic acids is 2. The minimum Gasteiger partial charge on any atom is -0.489 e. The molecular weight excluding hydrogens is 284 g/mol. The molecule has 0 spiro atoms. The molecule has 2 heterocycles. The van der Waals surface area contributed by atoms with Gasteiger partial charge < -0.3 is 15.0 Å². The zero-order chi connectivity index (χ0) is 15.7. The van der Waals surface area contributed by atoms with Crippen molar-refractivity contribution >= 4 is 28.9 Å². The maximum Gasteiger partial charge on any atom is 0.268 e. The van der Waals surface area contributed by atoms with E-state index in [1.165, 1.54) is 4.90 Å². The Morgan fingerprint density at radius 1 is 1.36 bits per heavy atom. The third-order valence-electron chi connectivity index (χ3n) is 3.59. The summed E-state index contributed by atoms with van der Waals surface area (Å²) in [6, 6.07) is 6.51. The second-order valence-electron chi connectivity index (χ2n) is 5.26. The van der Waals surface area contributed by atoms with Crippen LogP contribution in [-0.2, 0) is 9.59 Å². The topological polar surface area (TPSA) is 83.4 Å². The summed E-state index contributed by atoms with van der Waals surface area (Å²) in [6.45, 7) is 1.88. The van der Waals surface area contributed by atoms with Gasteiger partial charge in [0.25, 0.3) is 11.8 Å². The number of carbonyl (C=O) groups is 2. The first-order chi connectivity index (χ1) is 10.6. The Morgan fingerprint density at radius 2 is 2.14 bits per heavy atom. The average molecular weight is 300 g/mol. The quantitative estimate of drug-likeness (QED) is 0.874. The van der Waals surface area contributed by atoms with Crippen molar-refractivity contribution in [1.29, 1.82) is 0 Å². The van der Waals surface area contributed by atoms with Gasteiger partial charge in [-0.25, -0.2) is 0 Å². The first kappa shape index (κ1) is 14.2. The van der Waals surface area contributed by atoms with Gasteiger partial charge in [0.15, 0.2) is 0 Å². The predicted molar refractivity (Wildman–Crippen MR) is 82.4 cm³/mol. The molecular formula is C15H16N4O3. The van der Waals surface area contributed by atoms with Crippen LogP contribution in [0.3, 0.4) is 0 Å². The highest BCUT2D eigenvalue weighted by atomic mass is 16.5. The van der Waals surface area contributed by atoms with Crippen molar-refractivity contribution < 1.29 is 14.3 Å². The predicted octanol–water partition coefficient (Wildman–Crippen LogP) is 0.747. The summed E-state index contributed by atoms with van der Waals surface area (Å²) in [5.74, 6) is 0.00364. The molecule has 1 aromatic carbocycles. The van der Waals surface area contributed by atoms with E-state index >= 15 is 0 Å². The molecule has 7 heteroatoms. The van der Waals surface area contributed by atoms with Crippen LogP contribution in [0.15, 0.2) is 34.5 Å². The summed E-state index contributed by atoms with van der Waals surface area (Å²) in [5.41, 5.74) is 1.77. The number of hydrogen-bond donors (Lipinski definition) is 1. The van der Waals surface area contributed by atoms with Crippen molar-refractivity contribution in [3.63, 3.8) is 0 Å². The molecule has 0 aliphatic carbocycles. The van der Waals surface area contributed by atoms with E-state index in [0.29, 0.717) is 23.6 Å². The summed E-state index contributed by atoms with van der Waals surface area (Å²) in [7, 11) is 1.66. The van der Waals surface area contributed by atoms with Crippen molar-refractivity contribution in [3.8, 4) is 5.75 Å². The van der Waals surface area contributed by atoms with Crippen LogP contribution >= 0.6 is 0 Å². The van der Waals surface area contributed by atoms with E-state index in [0.717, 1.165) is 5.71 Å². The summed E-state index contributed by atoms with van der Waals surface area (Å²) >= 11 is 0. The third-order valence-corrected chi connectivity index (χ3v) is 3.59. The lowest BCUT2D eigenvalue weighted by molar-refractivity contribution is -0.124. The molecule has 2 amide bonds. The Bertz CT molecular complexity index is 696. The highest BCUT2D eigenvalue weighted by molar-refractivity contribution is 6.43. The van der Waals surface area contributed by atoms with E-state index in [-0.39, 0.29) is 18.4 Å². The number of para-hydroxylation sites is 2. The fourth-order valence-electron chi connectivity index (χ4n) is 2.38. The maximum absolute atomic E-state index is 12.5. The lowest BCUT2D eigenvalue weighted by Crippen LogP contribution is -2.51. The highest BCUT2D eigenvalue weighted by Crippen LogP contribution is 2.29. The molecule has 3 rings (SSSR count). The Balaban J connectivity index is 1.74. The van der Waals surface area contributed by atoms with Gasteiger partial charge in [-0.15, -0.1) is 5.10 Å². The number of rotatable bonds is 2. The summed E-state index contributed by atoms with van der Waals surface area (Å²) < 4.78 is 5.64. The lowest BCUT2D eigenvalue weighted by atomic mass is 10.2. The van der Waals surface area contributed by atoms with Gasteiger partial charge in [0.1, 0.15) is 24.1 Å². The molecule has 1 aromatic rings. The molecule has 1 N–H and O–H groups in total. The Hall–Kier alpha value is -2.70. The van der Waals surface area contributed by atoms with Crippen molar-refractivity contribution in [2.24, 2.45) is 10.2 Å². The monoisotopic (exact) mass is 300 g/mol. The van der Waals surface area contributed by atoms with Gasteiger partial charge in [-0.1, -0.05) is 12.1 Å². The normalized spacial score (nSPS) is 20.5. The van der Waals surface area contributed by atoms with Gasteiger partial charge in [-0.3, -0.25) is 9.59 Å². The number of anilines is 1. The summed E-state index contributed by atoms with van der Waals surface area (Å²) in [6.07, 6.45) is 0.406. The van der Waals surface area contributed by atoms with Crippen molar-refractivity contribution in [2.75, 3.05) is 18.6 Å². The van der Waals surface area contributed by atoms with Crippen LogP contribution in [-0.4, -0.2) is 42.9 Å². The molecule has 0 fully saturated rings. The number of amides is 2. The number of nitrogens with zero attached hydrogens (tertiary/aromatic N) is 3. The number of fused-ring (bicyclic) bond motifs is 1. The van der Waals surface area contributed by atoms with Gasteiger partial charge in [0.05, 0.1) is 5.69 Å². The van der Waals surface area contributed by atoms with E-state index in [9.17, 15) is 9.59 Å². The number of nitrogens with one attached hydrogen (secondary N) is 1. The zero-order valence-corrected chi connectivity index (χ0v) is 12.4. The Morgan fingerprint density at radius 3 is 2.86 bits per heavy atom. The Labute approximate surface area is 127 Å². The molecule has 0 unspecified atom stereocenters. The standard InChI is InChI=1S/C15H16N4O3/c1-9-7-10(18-17-9)14(20)16-11-8-22-13-6-4-3-5-12(13)19(2)15(11)21/h3-6,11H,7-8H2,1-2H3,(H,16,20)/t11-/m0/s1. The first-order valence-electron chi connectivity index (χ1n) is 6.96. The molecule has 0 bridgehead atoms. The SMILES string of the molecule is CC1=NN=C(C(=O)N[C@H]2COc3ccccc3N(C)C2=O)C1. The van der Waals surface area contributed by atoms with Crippen molar-refractivity contribution in [1.82, 2.24) is 5.32 Å². The van der Waals surface area contributed by atoms with E-state index in [1.54, 1.807) is 26.1 Å². The average Bonchev–Trinajstić information content (AvgIpc) is 2.92. The van der Waals surface area contributed by atoms with Gasteiger partial charge in [-0.2, -0.15) is 5.10 Å². The van der Waals surface area contributed by atoms with E-state index < -0.39 is 6.04 Å². The van der Waals surface area contributed by atoms with Crippen molar-refractivity contribution in [3.05, 3.63) is 24.3 Å². The maximum atomic E-state index is 12.5. The van der Waals surface area contributed by atoms with Crippen LogP contribution in [0, 0.1) is 0 Å². The van der Waals surface area contributed by atoms with E-state index in [4.69, 9.17) is 4.74 Å². The summed E-state index contributed by atoms with van der Waals surface area (Å²) in [4.78, 5) is 26.1.